The molecular formula is C25H25F3N4O2. The minimum absolute atomic E-state index is 0.0900. The van der Waals surface area contributed by atoms with E-state index in [-0.39, 0.29) is 29.9 Å². The van der Waals surface area contributed by atoms with E-state index in [9.17, 15) is 18.0 Å². The molecule has 1 N–H and O–H groups in total. The lowest BCUT2D eigenvalue weighted by molar-refractivity contribution is -0.138. The summed E-state index contributed by atoms with van der Waals surface area (Å²) in [7, 11) is 0. The number of amides is 1. The highest BCUT2D eigenvalue weighted by Gasteiger charge is 2.49. The van der Waals surface area contributed by atoms with Crippen molar-refractivity contribution in [3.8, 4) is 5.88 Å². The smallest absolute Gasteiger partial charge is 0.417 e. The van der Waals surface area contributed by atoms with Crippen molar-refractivity contribution in [1.82, 2.24) is 20.2 Å². The van der Waals surface area contributed by atoms with Crippen molar-refractivity contribution in [1.29, 1.82) is 0 Å². The monoisotopic (exact) mass is 470 g/mol. The number of carbonyl (C=O) groups excluding carboxylic acids is 1. The molecule has 1 aliphatic carbocycles. The summed E-state index contributed by atoms with van der Waals surface area (Å²) in [5.74, 6) is 0.334. The van der Waals surface area contributed by atoms with Gasteiger partial charge in [-0.2, -0.15) is 13.2 Å². The number of aryl methyl sites for hydroxylation is 1. The molecule has 3 atom stereocenters. The lowest BCUT2D eigenvalue weighted by Crippen LogP contribution is -2.48. The number of alkyl halides is 3. The van der Waals surface area contributed by atoms with Crippen molar-refractivity contribution in [2.45, 2.75) is 45.0 Å². The van der Waals surface area contributed by atoms with Gasteiger partial charge < -0.3 is 15.0 Å². The van der Waals surface area contributed by atoms with Gasteiger partial charge in [0.15, 0.2) is 0 Å². The molecule has 0 radical (unpaired) electrons. The molecule has 178 valence electrons. The van der Waals surface area contributed by atoms with E-state index in [2.05, 4.69) is 15.3 Å². The molecule has 2 bridgehead atoms. The van der Waals surface area contributed by atoms with E-state index in [1.165, 1.54) is 6.07 Å². The van der Waals surface area contributed by atoms with Crippen molar-refractivity contribution in [3.63, 3.8) is 0 Å². The maximum atomic E-state index is 13.7. The SMILES string of the molecule is CC1=CC(C(=O)N2CC3CC(Oc4ccc(C(F)(F)F)cn4)C2C3)=C(c2ncccc2C)NC1. The summed E-state index contributed by atoms with van der Waals surface area (Å²) in [5, 5.41) is 3.36. The van der Waals surface area contributed by atoms with E-state index in [1.54, 1.807) is 6.20 Å². The number of hydrogen-bond donors (Lipinski definition) is 1. The quantitative estimate of drug-likeness (QED) is 0.728. The number of ether oxygens (including phenoxy) is 1. The number of halogens is 3. The number of dihydropyridines is 1. The third-order valence-corrected chi connectivity index (χ3v) is 6.70. The van der Waals surface area contributed by atoms with Crippen LogP contribution in [0.3, 0.4) is 0 Å². The van der Waals surface area contributed by atoms with Gasteiger partial charge in [-0.15, -0.1) is 0 Å². The zero-order valence-electron chi connectivity index (χ0n) is 18.9. The second-order valence-electron chi connectivity index (χ2n) is 9.20. The molecule has 0 aromatic carbocycles. The van der Waals surface area contributed by atoms with Gasteiger partial charge in [0.1, 0.15) is 6.10 Å². The van der Waals surface area contributed by atoms with Crippen LogP contribution in [-0.2, 0) is 11.0 Å². The van der Waals surface area contributed by atoms with Gasteiger partial charge in [-0.3, -0.25) is 9.78 Å². The number of rotatable bonds is 4. The third-order valence-electron chi connectivity index (χ3n) is 6.70. The first kappa shape index (κ1) is 22.4. The van der Waals surface area contributed by atoms with Crippen LogP contribution in [0.2, 0.25) is 0 Å². The van der Waals surface area contributed by atoms with E-state index >= 15 is 0 Å². The number of fused-ring (bicyclic) bond motifs is 2. The molecule has 2 aromatic rings. The highest BCUT2D eigenvalue weighted by Crippen LogP contribution is 2.41. The number of hydrogen-bond acceptors (Lipinski definition) is 5. The van der Waals surface area contributed by atoms with Gasteiger partial charge in [-0.05, 0) is 56.4 Å². The van der Waals surface area contributed by atoms with Gasteiger partial charge in [0.2, 0.25) is 5.88 Å². The summed E-state index contributed by atoms with van der Waals surface area (Å²) in [6, 6.07) is 5.87. The molecule has 0 spiro atoms. The topological polar surface area (TPSA) is 67.4 Å². The summed E-state index contributed by atoms with van der Waals surface area (Å²) in [6.45, 7) is 5.21. The Kier molecular flexibility index (Phi) is 5.58. The largest absolute Gasteiger partial charge is 0.472 e. The van der Waals surface area contributed by atoms with Crippen molar-refractivity contribution in [2.75, 3.05) is 13.1 Å². The molecule has 6 nitrogen and oxygen atoms in total. The second-order valence-corrected chi connectivity index (χ2v) is 9.20. The molecule has 1 saturated heterocycles. The first-order valence-corrected chi connectivity index (χ1v) is 11.3. The number of pyridine rings is 2. The van der Waals surface area contributed by atoms with Gasteiger partial charge in [0.25, 0.3) is 5.91 Å². The number of piperidine rings is 1. The average molecular weight is 470 g/mol. The summed E-state index contributed by atoms with van der Waals surface area (Å²) in [6.07, 6.45) is 1.20. The first-order chi connectivity index (χ1) is 16.2. The maximum absolute atomic E-state index is 13.7. The van der Waals surface area contributed by atoms with Gasteiger partial charge in [0, 0.05) is 31.5 Å². The Morgan fingerprint density at radius 3 is 2.68 bits per heavy atom. The summed E-state index contributed by atoms with van der Waals surface area (Å²) < 4.78 is 44.4. The van der Waals surface area contributed by atoms with Crippen LogP contribution < -0.4 is 10.1 Å². The minimum Gasteiger partial charge on any atom is -0.472 e. The lowest BCUT2D eigenvalue weighted by atomic mass is 9.99. The molecule has 9 heteroatoms. The van der Waals surface area contributed by atoms with Crippen LogP contribution in [-0.4, -0.2) is 46.0 Å². The van der Waals surface area contributed by atoms with Gasteiger partial charge in [-0.25, -0.2) is 4.98 Å². The van der Waals surface area contributed by atoms with E-state index in [0.717, 1.165) is 47.6 Å². The third kappa shape index (κ3) is 4.15. The molecule has 34 heavy (non-hydrogen) atoms. The second kappa shape index (κ2) is 8.45. The summed E-state index contributed by atoms with van der Waals surface area (Å²) in [5.41, 5.74) is 3.25. The Morgan fingerprint density at radius 1 is 1.18 bits per heavy atom. The average Bonchev–Trinajstić information content (AvgIpc) is 3.40. The number of nitrogens with zero attached hydrogens (tertiary/aromatic N) is 3. The highest BCUT2D eigenvalue weighted by molar-refractivity contribution is 6.04. The Balaban J connectivity index is 1.39. The molecule has 1 amide bonds. The normalized spacial score (nSPS) is 24.2. The molecule has 1 saturated carbocycles. The Hall–Kier alpha value is -3.36. The van der Waals surface area contributed by atoms with Crippen LogP contribution in [0.15, 0.2) is 53.9 Å². The van der Waals surface area contributed by atoms with Gasteiger partial charge in [-0.1, -0.05) is 11.6 Å². The standard InChI is InChI=1S/C25H25F3N4O2/c1-14-8-18(23(31-11-14)22-15(2)4-3-7-29-22)24(33)32-13-16-9-19(32)20(10-16)34-21-6-5-17(12-30-21)25(26,27)28/h3-8,12,16,19-20,31H,9-11,13H2,1-2H3. The fraction of sp³-hybridized carbons (Fsp3) is 0.400. The first-order valence-electron chi connectivity index (χ1n) is 11.3. The number of carbonyl (C=O) groups is 1. The highest BCUT2D eigenvalue weighted by atomic mass is 19.4. The Bertz CT molecular complexity index is 1170. The van der Waals surface area contributed by atoms with Gasteiger partial charge >= 0.3 is 6.18 Å². The van der Waals surface area contributed by atoms with E-state index in [4.69, 9.17) is 4.74 Å². The van der Waals surface area contributed by atoms with E-state index in [0.29, 0.717) is 18.7 Å². The van der Waals surface area contributed by atoms with Crippen LogP contribution >= 0.6 is 0 Å². The van der Waals surface area contributed by atoms with Crippen LogP contribution in [0.1, 0.15) is 36.6 Å². The number of aromatic nitrogens is 2. The molecule has 5 rings (SSSR count). The van der Waals surface area contributed by atoms with Crippen LogP contribution in [0, 0.1) is 12.8 Å². The van der Waals surface area contributed by atoms with Crippen LogP contribution in [0.4, 0.5) is 13.2 Å². The minimum atomic E-state index is -4.45. The van der Waals surface area contributed by atoms with Crippen molar-refractivity contribution >= 4 is 11.6 Å². The predicted molar refractivity (Wildman–Crippen MR) is 120 cm³/mol. The summed E-state index contributed by atoms with van der Waals surface area (Å²) >= 11 is 0. The molecule has 3 aliphatic rings. The van der Waals surface area contributed by atoms with Crippen LogP contribution in [0.5, 0.6) is 5.88 Å². The Morgan fingerprint density at radius 2 is 2.00 bits per heavy atom. The van der Waals surface area contributed by atoms with E-state index in [1.807, 2.05) is 37.0 Å². The summed E-state index contributed by atoms with van der Waals surface area (Å²) in [4.78, 5) is 23.9. The van der Waals surface area contributed by atoms with Crippen LogP contribution in [0.25, 0.3) is 5.70 Å². The zero-order chi connectivity index (χ0) is 24.0. The maximum Gasteiger partial charge on any atom is 0.417 e. The fourth-order valence-electron chi connectivity index (χ4n) is 5.07. The zero-order valence-corrected chi connectivity index (χ0v) is 18.9. The number of nitrogens with one attached hydrogen (secondary N) is 1. The molecule has 2 fully saturated rings. The van der Waals surface area contributed by atoms with Crippen molar-refractivity contribution in [3.05, 3.63) is 70.7 Å². The fourth-order valence-corrected chi connectivity index (χ4v) is 5.07. The molecule has 4 heterocycles. The molecular weight excluding hydrogens is 445 g/mol. The molecule has 3 unspecified atom stereocenters. The lowest BCUT2D eigenvalue weighted by Gasteiger charge is -2.34. The van der Waals surface area contributed by atoms with Crippen molar-refractivity contribution in [2.24, 2.45) is 5.92 Å². The number of likely N-dealkylation sites (tertiary alicyclic amines) is 1. The van der Waals surface area contributed by atoms with Gasteiger partial charge in [0.05, 0.1) is 28.6 Å². The Labute approximate surface area is 195 Å². The molecule has 2 aliphatic heterocycles. The van der Waals surface area contributed by atoms with Crippen molar-refractivity contribution < 1.29 is 22.7 Å². The van der Waals surface area contributed by atoms with E-state index < -0.39 is 11.7 Å². The molecule has 2 aromatic heterocycles. The predicted octanol–water partition coefficient (Wildman–Crippen LogP) is 4.13.